The molecule has 0 radical (unpaired) electrons. The highest BCUT2D eigenvalue weighted by Gasteiger charge is 2.32. The number of halogens is 4. The molecule has 2 aromatic carbocycles. The van der Waals surface area contributed by atoms with Crippen LogP contribution in [0.2, 0.25) is 0 Å². The van der Waals surface area contributed by atoms with Crippen LogP contribution in [-0.2, 0) is 12.6 Å². The fraction of sp³-hybridized carbons (Fsp3) is 0.200. The lowest BCUT2D eigenvalue weighted by molar-refractivity contribution is -0.136. The van der Waals surface area contributed by atoms with Gasteiger partial charge in [0.2, 0.25) is 0 Å². The molecular formula is C15H13F4N. The Morgan fingerprint density at radius 3 is 2.20 bits per heavy atom. The van der Waals surface area contributed by atoms with Crippen LogP contribution in [0.5, 0.6) is 0 Å². The first-order valence-corrected chi connectivity index (χ1v) is 6.11. The maximum absolute atomic E-state index is 12.8. The molecule has 0 saturated carbocycles. The normalized spacial score (nSPS) is 11.4. The summed E-state index contributed by atoms with van der Waals surface area (Å²) in [7, 11) is 0. The molecule has 0 atom stereocenters. The maximum atomic E-state index is 12.8. The summed E-state index contributed by atoms with van der Waals surface area (Å²) in [6, 6.07) is 11.2. The molecule has 0 aliphatic carbocycles. The van der Waals surface area contributed by atoms with Gasteiger partial charge in [0.15, 0.2) is 0 Å². The average Bonchev–Trinajstić information content (AvgIpc) is 2.40. The molecule has 0 aromatic heterocycles. The number of anilines is 1. The van der Waals surface area contributed by atoms with Crippen LogP contribution in [0.4, 0.5) is 23.2 Å². The second-order valence-electron chi connectivity index (χ2n) is 4.35. The lowest BCUT2D eigenvalue weighted by Crippen LogP contribution is -2.12. The zero-order valence-electron chi connectivity index (χ0n) is 10.5. The molecule has 0 spiro atoms. The van der Waals surface area contributed by atoms with Crippen molar-refractivity contribution in [2.75, 3.05) is 11.9 Å². The molecule has 0 fully saturated rings. The van der Waals surface area contributed by atoms with Crippen LogP contribution in [0.3, 0.4) is 0 Å². The molecule has 2 rings (SSSR count). The van der Waals surface area contributed by atoms with E-state index < -0.39 is 11.7 Å². The van der Waals surface area contributed by atoms with Gasteiger partial charge >= 0.3 is 6.18 Å². The Kier molecular flexibility index (Phi) is 4.27. The Labute approximate surface area is 114 Å². The molecule has 0 aliphatic heterocycles. The summed E-state index contributed by atoms with van der Waals surface area (Å²) in [5, 5.41) is 2.77. The lowest BCUT2D eigenvalue weighted by atomic mass is 10.1. The molecule has 2 aromatic rings. The van der Waals surface area contributed by atoms with E-state index in [9.17, 15) is 17.6 Å². The van der Waals surface area contributed by atoms with Gasteiger partial charge in [0.1, 0.15) is 5.82 Å². The van der Waals surface area contributed by atoms with Crippen molar-refractivity contribution in [1.82, 2.24) is 0 Å². The molecule has 0 amide bonds. The highest BCUT2D eigenvalue weighted by atomic mass is 19.4. The molecule has 0 bridgehead atoms. The Morgan fingerprint density at radius 1 is 0.900 bits per heavy atom. The van der Waals surface area contributed by atoms with Crippen molar-refractivity contribution in [2.45, 2.75) is 12.6 Å². The van der Waals surface area contributed by atoms with Gasteiger partial charge in [-0.3, -0.25) is 0 Å². The summed E-state index contributed by atoms with van der Waals surface area (Å²) in [5.41, 5.74) is 0.240. The number of alkyl halides is 3. The fourth-order valence-corrected chi connectivity index (χ4v) is 1.88. The zero-order valence-corrected chi connectivity index (χ0v) is 10.5. The third-order valence-electron chi connectivity index (χ3n) is 2.87. The van der Waals surface area contributed by atoms with Gasteiger partial charge in [0.25, 0.3) is 0 Å². The van der Waals surface area contributed by atoms with Gasteiger partial charge in [0.05, 0.1) is 5.56 Å². The molecule has 1 N–H and O–H groups in total. The van der Waals surface area contributed by atoms with Crippen molar-refractivity contribution in [3.8, 4) is 0 Å². The van der Waals surface area contributed by atoms with Gasteiger partial charge in [-0.1, -0.05) is 24.3 Å². The first-order chi connectivity index (χ1) is 9.47. The molecule has 0 saturated heterocycles. The SMILES string of the molecule is Fc1ccc(CCNc2ccccc2C(F)(F)F)cc1. The number of hydrogen-bond acceptors (Lipinski definition) is 1. The van der Waals surface area contributed by atoms with Gasteiger partial charge in [0, 0.05) is 12.2 Å². The van der Waals surface area contributed by atoms with E-state index in [2.05, 4.69) is 5.32 Å². The van der Waals surface area contributed by atoms with Crippen LogP contribution >= 0.6 is 0 Å². The third kappa shape index (κ3) is 3.73. The highest BCUT2D eigenvalue weighted by Crippen LogP contribution is 2.34. The standard InChI is InChI=1S/C15H13F4N/c16-12-7-5-11(6-8-12)9-10-20-14-4-2-1-3-13(14)15(17,18)19/h1-8,20H,9-10H2. The van der Waals surface area contributed by atoms with E-state index in [1.807, 2.05) is 0 Å². The molecule has 0 aliphatic rings. The largest absolute Gasteiger partial charge is 0.418 e. The Bertz CT molecular complexity index is 561. The summed E-state index contributed by atoms with van der Waals surface area (Å²) in [4.78, 5) is 0. The Hall–Kier alpha value is -2.04. The molecule has 20 heavy (non-hydrogen) atoms. The van der Waals surface area contributed by atoms with Gasteiger partial charge < -0.3 is 5.32 Å². The van der Waals surface area contributed by atoms with E-state index in [1.54, 1.807) is 18.2 Å². The van der Waals surface area contributed by atoms with Crippen LogP contribution in [0.15, 0.2) is 48.5 Å². The number of para-hydroxylation sites is 1. The predicted molar refractivity (Wildman–Crippen MR) is 70.0 cm³/mol. The molecule has 106 valence electrons. The van der Waals surface area contributed by atoms with Crippen molar-refractivity contribution in [2.24, 2.45) is 0 Å². The number of nitrogens with one attached hydrogen (secondary N) is 1. The summed E-state index contributed by atoms with van der Waals surface area (Å²) in [6.45, 7) is 0.346. The van der Waals surface area contributed by atoms with Crippen molar-refractivity contribution in [1.29, 1.82) is 0 Å². The fourth-order valence-electron chi connectivity index (χ4n) is 1.88. The minimum atomic E-state index is -4.38. The first-order valence-electron chi connectivity index (χ1n) is 6.11. The first kappa shape index (κ1) is 14.4. The van der Waals surface area contributed by atoms with Crippen molar-refractivity contribution in [3.63, 3.8) is 0 Å². The lowest BCUT2D eigenvalue weighted by Gasteiger charge is -2.14. The molecule has 5 heteroatoms. The van der Waals surface area contributed by atoms with Gasteiger partial charge in [-0.2, -0.15) is 13.2 Å². The minimum absolute atomic E-state index is 0.0575. The smallest absolute Gasteiger partial charge is 0.384 e. The van der Waals surface area contributed by atoms with Crippen LogP contribution < -0.4 is 5.32 Å². The van der Waals surface area contributed by atoms with E-state index in [0.29, 0.717) is 13.0 Å². The van der Waals surface area contributed by atoms with Crippen molar-refractivity contribution < 1.29 is 17.6 Å². The Morgan fingerprint density at radius 2 is 1.55 bits per heavy atom. The quantitative estimate of drug-likeness (QED) is 0.815. The summed E-state index contributed by atoms with van der Waals surface area (Å²) >= 11 is 0. The number of benzene rings is 2. The minimum Gasteiger partial charge on any atom is -0.384 e. The monoisotopic (exact) mass is 283 g/mol. The topological polar surface area (TPSA) is 12.0 Å². The second kappa shape index (κ2) is 5.94. The van der Waals surface area contributed by atoms with Gasteiger partial charge in [-0.15, -0.1) is 0 Å². The summed E-state index contributed by atoms with van der Waals surface area (Å²) in [6.07, 6.45) is -3.86. The van der Waals surface area contributed by atoms with Gasteiger partial charge in [-0.25, -0.2) is 4.39 Å². The molecule has 1 nitrogen and oxygen atoms in total. The van der Waals surface area contributed by atoms with Crippen LogP contribution in [0.25, 0.3) is 0 Å². The van der Waals surface area contributed by atoms with Crippen molar-refractivity contribution >= 4 is 5.69 Å². The van der Waals surface area contributed by atoms with E-state index in [0.717, 1.165) is 11.6 Å². The molecular weight excluding hydrogens is 270 g/mol. The zero-order chi connectivity index (χ0) is 14.6. The third-order valence-corrected chi connectivity index (χ3v) is 2.87. The van der Waals surface area contributed by atoms with E-state index in [1.165, 1.54) is 24.3 Å². The van der Waals surface area contributed by atoms with E-state index in [4.69, 9.17) is 0 Å². The van der Waals surface area contributed by atoms with E-state index >= 15 is 0 Å². The predicted octanol–water partition coefficient (Wildman–Crippen LogP) is 4.50. The number of rotatable bonds is 4. The molecule has 0 unspecified atom stereocenters. The molecule has 0 heterocycles. The highest BCUT2D eigenvalue weighted by molar-refractivity contribution is 5.52. The van der Waals surface area contributed by atoms with E-state index in [-0.39, 0.29) is 11.5 Å². The average molecular weight is 283 g/mol. The maximum Gasteiger partial charge on any atom is 0.418 e. The van der Waals surface area contributed by atoms with Gasteiger partial charge in [-0.05, 0) is 36.2 Å². The summed E-state index contributed by atoms with van der Waals surface area (Å²) < 4.78 is 51.0. The second-order valence-corrected chi connectivity index (χ2v) is 4.35. The van der Waals surface area contributed by atoms with Crippen LogP contribution in [-0.4, -0.2) is 6.54 Å². The van der Waals surface area contributed by atoms with Crippen LogP contribution in [0.1, 0.15) is 11.1 Å². The van der Waals surface area contributed by atoms with Crippen LogP contribution in [0, 0.1) is 5.82 Å². The number of hydrogen-bond donors (Lipinski definition) is 1. The van der Waals surface area contributed by atoms with Crippen molar-refractivity contribution in [3.05, 3.63) is 65.5 Å². The Balaban J connectivity index is 1.99. The summed E-state index contributed by atoms with van der Waals surface area (Å²) in [5.74, 6) is -0.330.